The third-order valence-corrected chi connectivity index (χ3v) is 4.73. The van der Waals surface area contributed by atoms with Crippen LogP contribution in [0.1, 0.15) is 30.6 Å². The molecule has 1 fully saturated rings. The molecule has 0 bridgehead atoms. The molecule has 0 aromatic carbocycles. The highest BCUT2D eigenvalue weighted by molar-refractivity contribution is 9.10. The summed E-state index contributed by atoms with van der Waals surface area (Å²) in [5, 5.41) is 2.09. The zero-order valence-corrected chi connectivity index (χ0v) is 12.4. The van der Waals surface area contributed by atoms with E-state index in [1.54, 1.807) is 11.3 Å². The molecule has 0 aliphatic heterocycles. The van der Waals surface area contributed by atoms with Crippen LogP contribution in [0.25, 0.3) is 0 Å². The van der Waals surface area contributed by atoms with Gasteiger partial charge >= 0.3 is 0 Å². The Kier molecular flexibility index (Phi) is 4.45. The van der Waals surface area contributed by atoms with Gasteiger partial charge in [-0.25, -0.2) is 4.99 Å². The lowest BCUT2D eigenvalue weighted by Crippen LogP contribution is -2.34. The molecule has 2 rings (SSSR count). The van der Waals surface area contributed by atoms with Crippen LogP contribution in [-0.4, -0.2) is 23.9 Å². The SMILES string of the molecule is CN(Cc1cc(Br)cs1)C(N)=NC1CCCC1. The van der Waals surface area contributed by atoms with Gasteiger partial charge in [0.25, 0.3) is 0 Å². The lowest BCUT2D eigenvalue weighted by Gasteiger charge is -2.18. The van der Waals surface area contributed by atoms with Crippen molar-refractivity contribution in [1.82, 2.24) is 4.90 Å². The van der Waals surface area contributed by atoms with Crippen molar-refractivity contribution in [2.75, 3.05) is 7.05 Å². The Balaban J connectivity index is 1.92. The molecule has 3 nitrogen and oxygen atoms in total. The average molecular weight is 316 g/mol. The molecule has 0 saturated heterocycles. The first kappa shape index (κ1) is 12.9. The standard InChI is InChI=1S/C12H18BrN3S/c1-16(7-11-6-9(13)8-17-11)12(14)15-10-4-2-3-5-10/h6,8,10H,2-5,7H2,1H3,(H2,14,15). The maximum Gasteiger partial charge on any atom is 0.191 e. The van der Waals surface area contributed by atoms with Gasteiger partial charge in [0, 0.05) is 21.8 Å². The molecule has 2 N–H and O–H groups in total. The summed E-state index contributed by atoms with van der Waals surface area (Å²) in [6.07, 6.45) is 4.98. The van der Waals surface area contributed by atoms with Crippen molar-refractivity contribution in [3.05, 3.63) is 20.8 Å². The number of rotatable bonds is 3. The number of nitrogens with two attached hydrogens (primary N) is 1. The molecule has 0 atom stereocenters. The van der Waals surface area contributed by atoms with Crippen LogP contribution in [0.2, 0.25) is 0 Å². The van der Waals surface area contributed by atoms with Gasteiger partial charge in [0.1, 0.15) is 0 Å². The van der Waals surface area contributed by atoms with E-state index in [9.17, 15) is 0 Å². The van der Waals surface area contributed by atoms with E-state index in [1.807, 2.05) is 11.9 Å². The maximum atomic E-state index is 6.02. The first-order valence-corrected chi connectivity index (χ1v) is 7.60. The fourth-order valence-electron chi connectivity index (χ4n) is 2.07. The van der Waals surface area contributed by atoms with E-state index >= 15 is 0 Å². The minimum atomic E-state index is 0.451. The molecule has 1 aromatic rings. The largest absolute Gasteiger partial charge is 0.370 e. The number of nitrogens with zero attached hydrogens (tertiary/aromatic N) is 2. The van der Waals surface area contributed by atoms with E-state index < -0.39 is 0 Å². The Hall–Kier alpha value is -0.550. The number of hydrogen-bond acceptors (Lipinski definition) is 2. The van der Waals surface area contributed by atoms with Crippen LogP contribution in [0.3, 0.4) is 0 Å². The molecule has 1 saturated carbocycles. The van der Waals surface area contributed by atoms with E-state index in [0.717, 1.165) is 11.0 Å². The first-order chi connectivity index (χ1) is 8.15. The minimum absolute atomic E-state index is 0.451. The second-order valence-corrected chi connectivity index (χ2v) is 6.42. The predicted molar refractivity (Wildman–Crippen MR) is 77.4 cm³/mol. The monoisotopic (exact) mass is 315 g/mol. The lowest BCUT2D eigenvalue weighted by atomic mass is 10.3. The van der Waals surface area contributed by atoms with Crippen LogP contribution in [0.5, 0.6) is 0 Å². The van der Waals surface area contributed by atoms with Crippen molar-refractivity contribution in [2.45, 2.75) is 38.3 Å². The Morgan fingerprint density at radius 2 is 2.29 bits per heavy atom. The molecule has 1 heterocycles. The smallest absolute Gasteiger partial charge is 0.191 e. The number of hydrogen-bond donors (Lipinski definition) is 1. The van der Waals surface area contributed by atoms with Gasteiger partial charge in [0.15, 0.2) is 5.96 Å². The third kappa shape index (κ3) is 3.71. The van der Waals surface area contributed by atoms with E-state index in [0.29, 0.717) is 12.0 Å². The highest BCUT2D eigenvalue weighted by atomic mass is 79.9. The molecule has 1 aromatic heterocycles. The molecular weight excluding hydrogens is 298 g/mol. The van der Waals surface area contributed by atoms with E-state index in [4.69, 9.17) is 5.73 Å². The summed E-state index contributed by atoms with van der Waals surface area (Å²) in [7, 11) is 2.00. The van der Waals surface area contributed by atoms with Crippen molar-refractivity contribution < 1.29 is 0 Å². The number of guanidine groups is 1. The lowest BCUT2D eigenvalue weighted by molar-refractivity contribution is 0.491. The number of aliphatic imine (C=N–C) groups is 1. The minimum Gasteiger partial charge on any atom is -0.370 e. The highest BCUT2D eigenvalue weighted by Gasteiger charge is 2.15. The van der Waals surface area contributed by atoms with Crippen molar-refractivity contribution in [1.29, 1.82) is 0 Å². The molecule has 0 unspecified atom stereocenters. The Morgan fingerprint density at radius 3 is 2.88 bits per heavy atom. The second-order valence-electron chi connectivity index (χ2n) is 4.51. The Morgan fingerprint density at radius 1 is 1.59 bits per heavy atom. The third-order valence-electron chi connectivity index (χ3n) is 3.05. The predicted octanol–water partition coefficient (Wildman–Crippen LogP) is 3.20. The summed E-state index contributed by atoms with van der Waals surface area (Å²) in [5.41, 5.74) is 6.02. The van der Waals surface area contributed by atoms with Gasteiger partial charge in [-0.05, 0) is 34.8 Å². The summed E-state index contributed by atoms with van der Waals surface area (Å²) in [4.78, 5) is 7.91. The normalized spacial score (nSPS) is 17.6. The molecule has 17 heavy (non-hydrogen) atoms. The van der Waals surface area contributed by atoms with Crippen LogP contribution in [0.4, 0.5) is 0 Å². The van der Waals surface area contributed by atoms with Gasteiger partial charge in [0.2, 0.25) is 0 Å². The van der Waals surface area contributed by atoms with Crippen LogP contribution < -0.4 is 5.73 Å². The molecule has 0 spiro atoms. The number of thiophene rings is 1. The summed E-state index contributed by atoms with van der Waals surface area (Å²) in [6, 6.07) is 2.58. The summed E-state index contributed by atoms with van der Waals surface area (Å²) >= 11 is 5.20. The van der Waals surface area contributed by atoms with E-state index in [2.05, 4.69) is 32.4 Å². The van der Waals surface area contributed by atoms with Crippen LogP contribution in [-0.2, 0) is 6.54 Å². The maximum absolute atomic E-state index is 6.02. The molecule has 1 aliphatic rings. The van der Waals surface area contributed by atoms with Crippen molar-refractivity contribution in [3.8, 4) is 0 Å². The topological polar surface area (TPSA) is 41.6 Å². The summed E-state index contributed by atoms with van der Waals surface area (Å²) in [5.74, 6) is 0.668. The number of halogens is 1. The van der Waals surface area contributed by atoms with Gasteiger partial charge in [-0.1, -0.05) is 12.8 Å². The average Bonchev–Trinajstić information content (AvgIpc) is 2.90. The fourth-order valence-corrected chi connectivity index (χ4v) is 3.57. The van der Waals surface area contributed by atoms with E-state index in [-0.39, 0.29) is 0 Å². The van der Waals surface area contributed by atoms with Gasteiger partial charge in [-0.2, -0.15) is 0 Å². The zero-order valence-electron chi connectivity index (χ0n) is 10.0. The molecule has 1 aliphatic carbocycles. The zero-order chi connectivity index (χ0) is 12.3. The molecule has 0 amide bonds. The first-order valence-electron chi connectivity index (χ1n) is 5.92. The second kappa shape index (κ2) is 5.87. The van der Waals surface area contributed by atoms with E-state index in [1.165, 1.54) is 30.6 Å². The van der Waals surface area contributed by atoms with Crippen LogP contribution in [0, 0.1) is 0 Å². The Labute approximate surface area is 115 Å². The van der Waals surface area contributed by atoms with Gasteiger partial charge in [0.05, 0.1) is 12.6 Å². The highest BCUT2D eigenvalue weighted by Crippen LogP contribution is 2.22. The molecule has 94 valence electrons. The van der Waals surface area contributed by atoms with Gasteiger partial charge in [-0.15, -0.1) is 11.3 Å². The summed E-state index contributed by atoms with van der Waals surface area (Å²) < 4.78 is 1.14. The van der Waals surface area contributed by atoms with Crippen molar-refractivity contribution in [2.24, 2.45) is 10.7 Å². The van der Waals surface area contributed by atoms with Crippen LogP contribution >= 0.6 is 27.3 Å². The molecule has 5 heteroatoms. The molecular formula is C12H18BrN3S. The van der Waals surface area contributed by atoms with Crippen LogP contribution in [0.15, 0.2) is 20.9 Å². The van der Waals surface area contributed by atoms with Crippen molar-refractivity contribution >= 4 is 33.2 Å². The van der Waals surface area contributed by atoms with Gasteiger partial charge < -0.3 is 10.6 Å². The summed E-state index contributed by atoms with van der Waals surface area (Å²) in [6.45, 7) is 0.832. The van der Waals surface area contributed by atoms with Crippen molar-refractivity contribution in [3.63, 3.8) is 0 Å². The quantitative estimate of drug-likeness (QED) is 0.687. The Bertz CT molecular complexity index is 396. The fraction of sp³-hybridized carbons (Fsp3) is 0.583. The molecule has 0 radical (unpaired) electrons. The van der Waals surface area contributed by atoms with Gasteiger partial charge in [-0.3, -0.25) is 0 Å².